The Kier molecular flexibility index (Phi) is 6.59. The van der Waals surface area contributed by atoms with Crippen molar-refractivity contribution in [2.24, 2.45) is 0 Å². The van der Waals surface area contributed by atoms with Crippen LogP contribution in [-0.4, -0.2) is 24.8 Å². The fraction of sp³-hybridized carbons (Fsp3) is 0.900. The smallest absolute Gasteiger partial charge is 0.334 e. The van der Waals surface area contributed by atoms with Gasteiger partial charge in [-0.15, -0.1) is 0 Å². The number of unbranched alkanes of at least 4 members (excludes halogenated alkanes) is 1. The lowest BCUT2D eigenvalue weighted by Gasteiger charge is -2.14. The van der Waals surface area contributed by atoms with E-state index in [0.29, 0.717) is 6.61 Å². The fourth-order valence-corrected chi connectivity index (χ4v) is 0.898. The number of ether oxygens (including phenoxy) is 2. The van der Waals surface area contributed by atoms with Crippen LogP contribution < -0.4 is 0 Å². The molecule has 78 valence electrons. The third kappa shape index (κ3) is 6.58. The van der Waals surface area contributed by atoms with Crippen LogP contribution in [0.5, 0.6) is 0 Å². The van der Waals surface area contributed by atoms with Gasteiger partial charge in [0.15, 0.2) is 6.10 Å². The lowest BCUT2D eigenvalue weighted by atomic mass is 10.3. The molecule has 0 aromatic carbocycles. The number of rotatable bonds is 6. The maximum atomic E-state index is 11.2. The normalized spacial score (nSPS) is 13.0. The van der Waals surface area contributed by atoms with Gasteiger partial charge >= 0.3 is 5.97 Å². The molecule has 1 unspecified atom stereocenters. The van der Waals surface area contributed by atoms with E-state index in [1.165, 1.54) is 0 Å². The van der Waals surface area contributed by atoms with Gasteiger partial charge in [0.25, 0.3) is 0 Å². The Morgan fingerprint density at radius 3 is 2.38 bits per heavy atom. The second-order valence-corrected chi connectivity index (χ2v) is 3.35. The first-order valence-electron chi connectivity index (χ1n) is 4.90. The van der Waals surface area contributed by atoms with E-state index in [2.05, 4.69) is 6.92 Å². The number of carbonyl (C=O) groups is 1. The summed E-state index contributed by atoms with van der Waals surface area (Å²) >= 11 is 0. The molecule has 0 heterocycles. The number of hydrogen-bond donors (Lipinski definition) is 0. The highest BCUT2D eigenvalue weighted by Gasteiger charge is 2.15. The van der Waals surface area contributed by atoms with Crippen molar-refractivity contribution in [1.82, 2.24) is 0 Å². The molecule has 0 N–H and O–H groups in total. The molecule has 0 fully saturated rings. The van der Waals surface area contributed by atoms with Crippen molar-refractivity contribution in [1.29, 1.82) is 0 Å². The molecule has 0 rings (SSSR count). The van der Waals surface area contributed by atoms with Crippen molar-refractivity contribution in [2.75, 3.05) is 6.61 Å². The number of hydrogen-bond acceptors (Lipinski definition) is 3. The monoisotopic (exact) mass is 188 g/mol. The van der Waals surface area contributed by atoms with E-state index in [1.807, 2.05) is 13.8 Å². The van der Waals surface area contributed by atoms with Crippen LogP contribution in [-0.2, 0) is 14.3 Å². The van der Waals surface area contributed by atoms with Gasteiger partial charge in [-0.1, -0.05) is 13.3 Å². The number of carbonyl (C=O) groups excluding carboxylic acids is 1. The minimum atomic E-state index is -0.447. The molecular weight excluding hydrogens is 168 g/mol. The average molecular weight is 188 g/mol. The molecule has 1 atom stereocenters. The Labute approximate surface area is 80.4 Å². The van der Waals surface area contributed by atoms with E-state index >= 15 is 0 Å². The zero-order chi connectivity index (χ0) is 10.3. The molecule has 0 spiro atoms. The summed E-state index contributed by atoms with van der Waals surface area (Å²) in [5.41, 5.74) is 0. The Hall–Kier alpha value is -0.570. The third-order valence-electron chi connectivity index (χ3n) is 1.55. The predicted octanol–water partition coefficient (Wildman–Crippen LogP) is 2.14. The summed E-state index contributed by atoms with van der Waals surface area (Å²) in [5.74, 6) is -0.262. The first-order chi connectivity index (χ1) is 6.07. The molecule has 13 heavy (non-hydrogen) atoms. The van der Waals surface area contributed by atoms with Crippen molar-refractivity contribution in [3.8, 4) is 0 Å². The van der Waals surface area contributed by atoms with Gasteiger partial charge in [0.1, 0.15) is 0 Å². The zero-order valence-electron chi connectivity index (χ0n) is 9.00. The Balaban J connectivity index is 3.57. The van der Waals surface area contributed by atoms with E-state index in [9.17, 15) is 4.79 Å². The molecule has 0 aromatic rings. The van der Waals surface area contributed by atoms with Gasteiger partial charge in [0.2, 0.25) is 0 Å². The lowest BCUT2D eigenvalue weighted by Crippen LogP contribution is -2.26. The van der Waals surface area contributed by atoms with Crippen molar-refractivity contribution in [3.05, 3.63) is 0 Å². The van der Waals surface area contributed by atoms with Crippen LogP contribution >= 0.6 is 0 Å². The summed E-state index contributed by atoms with van der Waals surface area (Å²) < 4.78 is 10.2. The van der Waals surface area contributed by atoms with Gasteiger partial charge in [-0.25, -0.2) is 4.79 Å². The van der Waals surface area contributed by atoms with Crippen LogP contribution in [0.25, 0.3) is 0 Å². The zero-order valence-corrected chi connectivity index (χ0v) is 9.00. The van der Waals surface area contributed by atoms with Crippen molar-refractivity contribution < 1.29 is 14.3 Å². The van der Waals surface area contributed by atoms with E-state index in [0.717, 1.165) is 12.8 Å². The first kappa shape index (κ1) is 12.4. The number of esters is 1. The van der Waals surface area contributed by atoms with Gasteiger partial charge in [-0.05, 0) is 27.2 Å². The summed E-state index contributed by atoms with van der Waals surface area (Å²) in [6, 6.07) is 0. The SMILES string of the molecule is CCCCOC(=O)C(C)OC(C)C. The molecule has 0 aliphatic rings. The molecule has 0 aliphatic carbocycles. The first-order valence-corrected chi connectivity index (χ1v) is 4.90. The summed E-state index contributed by atoms with van der Waals surface area (Å²) in [7, 11) is 0. The van der Waals surface area contributed by atoms with E-state index in [-0.39, 0.29) is 12.1 Å². The second kappa shape index (κ2) is 6.89. The molecule has 0 radical (unpaired) electrons. The Bertz CT molecular complexity index is 143. The van der Waals surface area contributed by atoms with Gasteiger partial charge in [-0.3, -0.25) is 0 Å². The minimum absolute atomic E-state index is 0.0636. The molecule has 0 saturated heterocycles. The van der Waals surface area contributed by atoms with Gasteiger partial charge in [-0.2, -0.15) is 0 Å². The van der Waals surface area contributed by atoms with E-state index in [1.54, 1.807) is 6.92 Å². The topological polar surface area (TPSA) is 35.5 Å². The fourth-order valence-electron chi connectivity index (χ4n) is 0.898. The molecule has 0 bridgehead atoms. The standard InChI is InChI=1S/C10H20O3/c1-5-6-7-12-10(11)9(4)13-8(2)3/h8-9H,5-7H2,1-4H3. The highest BCUT2D eigenvalue weighted by atomic mass is 16.6. The minimum Gasteiger partial charge on any atom is -0.464 e. The molecule has 0 saturated carbocycles. The maximum absolute atomic E-state index is 11.2. The summed E-state index contributed by atoms with van der Waals surface area (Å²) in [6.07, 6.45) is 1.57. The largest absolute Gasteiger partial charge is 0.464 e. The highest BCUT2D eigenvalue weighted by molar-refractivity contribution is 5.74. The van der Waals surface area contributed by atoms with Crippen LogP contribution in [0.15, 0.2) is 0 Å². The highest BCUT2D eigenvalue weighted by Crippen LogP contribution is 2.00. The van der Waals surface area contributed by atoms with Crippen LogP contribution in [0.4, 0.5) is 0 Å². The summed E-state index contributed by atoms with van der Waals surface area (Å²) in [4.78, 5) is 11.2. The van der Waals surface area contributed by atoms with E-state index < -0.39 is 6.10 Å². The average Bonchev–Trinajstić information content (AvgIpc) is 2.03. The van der Waals surface area contributed by atoms with Crippen molar-refractivity contribution in [3.63, 3.8) is 0 Å². The van der Waals surface area contributed by atoms with Gasteiger partial charge < -0.3 is 9.47 Å². The maximum Gasteiger partial charge on any atom is 0.334 e. The van der Waals surface area contributed by atoms with Gasteiger partial charge in [0.05, 0.1) is 12.7 Å². The van der Waals surface area contributed by atoms with Crippen molar-refractivity contribution in [2.45, 2.75) is 52.7 Å². The van der Waals surface area contributed by atoms with E-state index in [4.69, 9.17) is 9.47 Å². The third-order valence-corrected chi connectivity index (χ3v) is 1.55. The van der Waals surface area contributed by atoms with Gasteiger partial charge in [0, 0.05) is 0 Å². The second-order valence-electron chi connectivity index (χ2n) is 3.35. The van der Waals surface area contributed by atoms with Crippen LogP contribution in [0, 0.1) is 0 Å². The molecule has 0 aliphatic heterocycles. The lowest BCUT2D eigenvalue weighted by molar-refractivity contribution is -0.158. The summed E-state index contributed by atoms with van der Waals surface area (Å²) in [5, 5.41) is 0. The molecule has 0 aromatic heterocycles. The van der Waals surface area contributed by atoms with Crippen LogP contribution in [0.3, 0.4) is 0 Å². The molecular formula is C10H20O3. The molecule has 3 nitrogen and oxygen atoms in total. The summed E-state index contributed by atoms with van der Waals surface area (Å²) in [6.45, 7) is 8.07. The van der Waals surface area contributed by atoms with Crippen LogP contribution in [0.1, 0.15) is 40.5 Å². The molecule has 3 heteroatoms. The van der Waals surface area contributed by atoms with Crippen LogP contribution in [0.2, 0.25) is 0 Å². The van der Waals surface area contributed by atoms with Crippen molar-refractivity contribution >= 4 is 5.97 Å². The predicted molar refractivity (Wildman–Crippen MR) is 51.6 cm³/mol. The Morgan fingerprint density at radius 1 is 1.31 bits per heavy atom. The quantitative estimate of drug-likeness (QED) is 0.473. The molecule has 0 amide bonds. The Morgan fingerprint density at radius 2 is 1.92 bits per heavy atom.